The summed E-state index contributed by atoms with van der Waals surface area (Å²) in [6, 6.07) is 0. The molecule has 5 unspecified atom stereocenters. The highest BCUT2D eigenvalue weighted by molar-refractivity contribution is 7.47. The Morgan fingerprint density at radius 1 is 0.284 bits per heavy atom. The molecule has 0 aliphatic rings. The molecule has 0 aromatic carbocycles. The maximum atomic E-state index is 13.1. The standard InChI is InChI=1S/C83H138O17P2/c1-5-9-13-17-21-25-29-33-36-37-38-39-42-45-48-52-56-60-64-68-81(86)94-74-79(100-83(88)70-66-62-58-54-50-46-41-35-31-27-23-19-15-11-7-3)76-98-102(91,92)96-72-77(84)71-95-101(89,90)97-75-78(99-82(87)69-65-61-57-53-49-43-32-28-24-20-16-12-8-4)73-93-80(85)67-63-59-55-51-47-44-40-34-30-26-22-18-14-10-6-2/h9-11,13-16,20-23,25-28,32-36,38-41,77-79,84H,5-8,12,17-19,24,29-31,37,42-76H2,1-4H3,(H,89,90)(H,91,92)/b13-9-,14-10-,15-11-,20-16-,25-21-,26-22-,27-23-,32-28-,36-33-,39-38-,40-34-,41-35-. The molecule has 0 rings (SSSR count). The molecule has 0 spiro atoms. The Hall–Kier alpha value is -5.06. The number of unbranched alkanes of at least 4 members (excludes halogenated alkanes) is 22. The van der Waals surface area contributed by atoms with E-state index >= 15 is 0 Å². The fourth-order valence-corrected chi connectivity index (χ4v) is 11.5. The van der Waals surface area contributed by atoms with Crippen LogP contribution >= 0.6 is 15.6 Å². The summed E-state index contributed by atoms with van der Waals surface area (Å²) in [6.45, 7) is 4.40. The normalized spacial score (nSPS) is 14.7. The van der Waals surface area contributed by atoms with E-state index in [4.69, 9.17) is 37.0 Å². The molecule has 0 aromatic heterocycles. The van der Waals surface area contributed by atoms with Crippen LogP contribution in [0.5, 0.6) is 0 Å². The summed E-state index contributed by atoms with van der Waals surface area (Å²) in [4.78, 5) is 73.0. The van der Waals surface area contributed by atoms with Gasteiger partial charge in [-0.3, -0.25) is 37.3 Å². The summed E-state index contributed by atoms with van der Waals surface area (Å²) >= 11 is 0. The fraction of sp³-hybridized carbons (Fsp3) is 0.663. The summed E-state index contributed by atoms with van der Waals surface area (Å²) in [6.07, 6.45) is 84.0. The van der Waals surface area contributed by atoms with Crippen molar-refractivity contribution < 1.29 is 80.2 Å². The zero-order valence-corrected chi connectivity index (χ0v) is 65.3. The highest BCUT2D eigenvalue weighted by Gasteiger charge is 2.30. The van der Waals surface area contributed by atoms with Gasteiger partial charge in [-0.2, -0.15) is 0 Å². The highest BCUT2D eigenvalue weighted by Crippen LogP contribution is 2.45. The first-order valence-corrected chi connectivity index (χ1v) is 42.1. The Labute approximate surface area is 617 Å². The summed E-state index contributed by atoms with van der Waals surface area (Å²) in [5.41, 5.74) is 0. The topological polar surface area (TPSA) is 237 Å². The summed E-state index contributed by atoms with van der Waals surface area (Å²) in [5.74, 6) is -2.25. The van der Waals surface area contributed by atoms with Crippen molar-refractivity contribution in [1.82, 2.24) is 0 Å². The van der Waals surface area contributed by atoms with E-state index in [1.54, 1.807) is 0 Å². The lowest BCUT2D eigenvalue weighted by molar-refractivity contribution is -0.161. The van der Waals surface area contributed by atoms with Crippen molar-refractivity contribution in [3.05, 3.63) is 146 Å². The summed E-state index contributed by atoms with van der Waals surface area (Å²) in [7, 11) is -9.98. The Kier molecular flexibility index (Phi) is 70.5. The Morgan fingerprint density at radius 2 is 0.510 bits per heavy atom. The minimum Gasteiger partial charge on any atom is -0.462 e. The van der Waals surface area contributed by atoms with Crippen molar-refractivity contribution in [2.75, 3.05) is 39.6 Å². The van der Waals surface area contributed by atoms with Crippen LogP contribution in [-0.2, 0) is 65.4 Å². The lowest BCUT2D eigenvalue weighted by Crippen LogP contribution is -2.30. The first kappa shape index (κ1) is 96.9. The Balaban J connectivity index is 5.39. The molecule has 0 aliphatic carbocycles. The number of hydrogen-bond acceptors (Lipinski definition) is 15. The van der Waals surface area contributed by atoms with Gasteiger partial charge in [-0.25, -0.2) is 9.13 Å². The molecule has 0 aromatic rings. The number of ether oxygens (including phenoxy) is 4. The summed E-state index contributed by atoms with van der Waals surface area (Å²) in [5, 5.41) is 10.6. The number of aliphatic hydroxyl groups is 1. The lowest BCUT2D eigenvalue weighted by Gasteiger charge is -2.21. The van der Waals surface area contributed by atoms with E-state index in [-0.39, 0.29) is 25.7 Å². The quantitative estimate of drug-likeness (QED) is 0.0169. The van der Waals surface area contributed by atoms with Crippen LogP contribution in [0.2, 0.25) is 0 Å². The van der Waals surface area contributed by atoms with Crippen molar-refractivity contribution in [1.29, 1.82) is 0 Å². The molecular weight excluding hydrogens is 1330 g/mol. The van der Waals surface area contributed by atoms with E-state index in [9.17, 15) is 43.2 Å². The van der Waals surface area contributed by atoms with E-state index in [1.165, 1.54) is 0 Å². The van der Waals surface area contributed by atoms with Crippen LogP contribution in [-0.4, -0.2) is 96.7 Å². The molecule has 17 nitrogen and oxygen atoms in total. The molecule has 5 atom stereocenters. The molecule has 0 saturated carbocycles. The van der Waals surface area contributed by atoms with Gasteiger partial charge in [-0.1, -0.05) is 263 Å². The Bertz CT molecular complexity index is 2510. The molecule has 0 aliphatic heterocycles. The SMILES string of the molecule is CC/C=C\C/C=C\C/C=C\C/C=C\CCCCCCCCC(=O)OCC(COP(=O)(O)OCC(O)COP(=O)(O)OCC(COC(=O)CCCCCCC/C=C\C/C=C\C/C=C\CC)OC(=O)CCCCCCC/C=C\C/C=C\CCC)OC(=O)CCCCCCC/C=C\C/C=C\C/C=C\CC. The third-order valence-electron chi connectivity index (χ3n) is 15.8. The van der Waals surface area contributed by atoms with E-state index in [1.807, 2.05) is 0 Å². The van der Waals surface area contributed by atoms with Gasteiger partial charge in [0.1, 0.15) is 19.3 Å². The van der Waals surface area contributed by atoms with Gasteiger partial charge in [-0.05, 0) is 154 Å². The molecule has 0 bridgehead atoms. The monoisotopic (exact) mass is 1470 g/mol. The van der Waals surface area contributed by atoms with Crippen LogP contribution in [0.15, 0.2) is 146 Å². The minimum absolute atomic E-state index is 0.0674. The van der Waals surface area contributed by atoms with Crippen molar-refractivity contribution >= 4 is 39.5 Å². The van der Waals surface area contributed by atoms with Gasteiger partial charge in [0, 0.05) is 25.7 Å². The van der Waals surface area contributed by atoms with Crippen LogP contribution in [0.25, 0.3) is 0 Å². The van der Waals surface area contributed by atoms with Crippen LogP contribution in [0.4, 0.5) is 0 Å². The summed E-state index contributed by atoms with van der Waals surface area (Å²) < 4.78 is 68.5. The van der Waals surface area contributed by atoms with Crippen LogP contribution in [0, 0.1) is 0 Å². The van der Waals surface area contributed by atoms with Crippen molar-refractivity contribution in [2.45, 2.75) is 316 Å². The molecule has 0 heterocycles. The molecule has 0 amide bonds. The van der Waals surface area contributed by atoms with Crippen molar-refractivity contribution in [3.63, 3.8) is 0 Å². The number of allylic oxidation sites excluding steroid dienone is 24. The highest BCUT2D eigenvalue weighted by atomic mass is 31.2. The third kappa shape index (κ3) is 73.3. The zero-order chi connectivity index (χ0) is 74.6. The van der Waals surface area contributed by atoms with Gasteiger partial charge in [0.15, 0.2) is 12.2 Å². The van der Waals surface area contributed by atoms with Gasteiger partial charge in [0.2, 0.25) is 0 Å². The van der Waals surface area contributed by atoms with Crippen LogP contribution < -0.4 is 0 Å². The van der Waals surface area contributed by atoms with Gasteiger partial charge in [-0.15, -0.1) is 0 Å². The average Bonchev–Trinajstić information content (AvgIpc) is 0.924. The maximum Gasteiger partial charge on any atom is 0.472 e. The molecule has 3 N–H and O–H groups in total. The number of aliphatic hydroxyl groups excluding tert-OH is 1. The zero-order valence-electron chi connectivity index (χ0n) is 63.5. The third-order valence-corrected chi connectivity index (χ3v) is 17.7. The van der Waals surface area contributed by atoms with Crippen molar-refractivity contribution in [3.8, 4) is 0 Å². The first-order chi connectivity index (χ1) is 49.7. The fourth-order valence-electron chi connectivity index (χ4n) is 9.92. The van der Waals surface area contributed by atoms with Gasteiger partial charge < -0.3 is 33.8 Å². The van der Waals surface area contributed by atoms with E-state index < -0.39 is 97.5 Å². The molecule has 102 heavy (non-hydrogen) atoms. The number of rotatable bonds is 72. The Morgan fingerprint density at radius 3 is 0.784 bits per heavy atom. The molecule has 0 saturated heterocycles. The predicted molar refractivity (Wildman–Crippen MR) is 417 cm³/mol. The van der Waals surface area contributed by atoms with Crippen molar-refractivity contribution in [2.24, 2.45) is 0 Å². The number of carbonyl (C=O) groups is 4. The second kappa shape index (κ2) is 74.2. The molecule has 582 valence electrons. The smallest absolute Gasteiger partial charge is 0.462 e. The molecule has 0 radical (unpaired) electrons. The molecule has 19 heteroatoms. The number of phosphoric acid groups is 2. The molecule has 0 fully saturated rings. The van der Waals surface area contributed by atoms with Gasteiger partial charge in [0.05, 0.1) is 26.4 Å². The molecular formula is C83H138O17P2. The number of hydrogen-bond donors (Lipinski definition) is 3. The lowest BCUT2D eigenvalue weighted by atomic mass is 10.1. The van der Waals surface area contributed by atoms with E-state index in [0.29, 0.717) is 25.7 Å². The van der Waals surface area contributed by atoms with Crippen LogP contribution in [0.1, 0.15) is 297 Å². The number of esters is 4. The van der Waals surface area contributed by atoms with Gasteiger partial charge >= 0.3 is 39.5 Å². The minimum atomic E-state index is -4.99. The number of carbonyl (C=O) groups excluding carboxylic acids is 4. The first-order valence-electron chi connectivity index (χ1n) is 39.1. The largest absolute Gasteiger partial charge is 0.472 e. The average molecular weight is 1470 g/mol. The van der Waals surface area contributed by atoms with E-state index in [2.05, 4.69) is 174 Å². The number of phosphoric ester groups is 2. The second-order valence-corrected chi connectivity index (χ2v) is 28.4. The van der Waals surface area contributed by atoms with E-state index in [0.717, 1.165) is 218 Å². The van der Waals surface area contributed by atoms with Gasteiger partial charge in [0.25, 0.3) is 0 Å². The van der Waals surface area contributed by atoms with Crippen LogP contribution in [0.3, 0.4) is 0 Å². The maximum absolute atomic E-state index is 13.1. The second-order valence-electron chi connectivity index (χ2n) is 25.5. The predicted octanol–water partition coefficient (Wildman–Crippen LogP) is 22.7.